The predicted octanol–water partition coefficient (Wildman–Crippen LogP) is 4.43. The van der Waals surface area contributed by atoms with Crippen LogP contribution in [0.4, 0.5) is 30.2 Å². The first-order valence-corrected chi connectivity index (χ1v) is 10.8. The number of nitrogen functional groups attached to an aromatic ring is 1. The maximum Gasteiger partial charge on any atom is 0.416 e. The standard InChI is InChI=1S/C22H20F3N3O3S/c1-15-9-11-18(12-10-15)32(30,31)28(17-6-4-5-16(13-17)22(23,24)25)14-21(29)27-20-8-3-2-7-19(20)26/h2-13H,14,26H2,1H3,(H,27,29). The molecule has 0 aliphatic rings. The van der Waals surface area contributed by atoms with E-state index in [-0.39, 0.29) is 22.0 Å². The molecule has 0 spiro atoms. The van der Waals surface area contributed by atoms with Gasteiger partial charge in [0.25, 0.3) is 10.0 Å². The zero-order chi connectivity index (χ0) is 23.5. The molecule has 3 aromatic carbocycles. The van der Waals surface area contributed by atoms with E-state index < -0.39 is 34.2 Å². The number of carbonyl (C=O) groups excluding carboxylic acids is 1. The number of hydrogen-bond donors (Lipinski definition) is 2. The third-order valence-electron chi connectivity index (χ3n) is 4.59. The molecule has 168 valence electrons. The van der Waals surface area contributed by atoms with Crippen molar-refractivity contribution in [1.29, 1.82) is 0 Å². The first-order chi connectivity index (χ1) is 15.0. The Kier molecular flexibility index (Phi) is 6.45. The van der Waals surface area contributed by atoms with Gasteiger partial charge in [0.1, 0.15) is 6.54 Å². The molecule has 10 heteroatoms. The number of hydrogen-bond acceptors (Lipinski definition) is 4. The molecule has 0 heterocycles. The van der Waals surface area contributed by atoms with Crippen LogP contribution in [0.5, 0.6) is 0 Å². The highest BCUT2D eigenvalue weighted by Gasteiger charge is 2.33. The van der Waals surface area contributed by atoms with Crippen molar-refractivity contribution in [3.8, 4) is 0 Å². The fraction of sp³-hybridized carbons (Fsp3) is 0.136. The van der Waals surface area contributed by atoms with E-state index in [1.54, 1.807) is 37.3 Å². The fourth-order valence-electron chi connectivity index (χ4n) is 2.92. The van der Waals surface area contributed by atoms with E-state index in [0.717, 1.165) is 17.7 Å². The number of carbonyl (C=O) groups is 1. The van der Waals surface area contributed by atoms with Gasteiger partial charge in [0.15, 0.2) is 0 Å². The molecule has 0 bridgehead atoms. The second-order valence-corrected chi connectivity index (χ2v) is 8.87. The van der Waals surface area contributed by atoms with Crippen molar-refractivity contribution in [3.63, 3.8) is 0 Å². The van der Waals surface area contributed by atoms with Crippen molar-refractivity contribution in [3.05, 3.63) is 83.9 Å². The molecule has 0 unspecified atom stereocenters. The molecule has 0 radical (unpaired) electrons. The summed E-state index contributed by atoms with van der Waals surface area (Å²) in [5, 5.41) is 2.50. The highest BCUT2D eigenvalue weighted by molar-refractivity contribution is 7.92. The molecule has 0 saturated carbocycles. The van der Waals surface area contributed by atoms with E-state index in [1.165, 1.54) is 24.3 Å². The number of aryl methyl sites for hydroxylation is 1. The molecule has 0 aliphatic carbocycles. The van der Waals surface area contributed by atoms with Gasteiger partial charge in [-0.1, -0.05) is 35.9 Å². The maximum absolute atomic E-state index is 13.3. The Balaban J connectivity index is 2.02. The van der Waals surface area contributed by atoms with Gasteiger partial charge >= 0.3 is 6.18 Å². The number of halogens is 3. The molecule has 3 N–H and O–H groups in total. The maximum atomic E-state index is 13.3. The van der Waals surface area contributed by atoms with Crippen LogP contribution >= 0.6 is 0 Å². The molecule has 1 amide bonds. The van der Waals surface area contributed by atoms with Gasteiger partial charge in [-0.3, -0.25) is 9.10 Å². The normalized spacial score (nSPS) is 11.8. The Morgan fingerprint density at radius 3 is 2.28 bits per heavy atom. The molecule has 3 rings (SSSR count). The fourth-order valence-corrected chi connectivity index (χ4v) is 4.33. The Morgan fingerprint density at radius 2 is 1.66 bits per heavy atom. The van der Waals surface area contributed by atoms with E-state index in [9.17, 15) is 26.4 Å². The third-order valence-corrected chi connectivity index (χ3v) is 6.38. The number of alkyl halides is 3. The smallest absolute Gasteiger partial charge is 0.397 e. The predicted molar refractivity (Wildman–Crippen MR) is 117 cm³/mol. The lowest BCUT2D eigenvalue weighted by molar-refractivity contribution is -0.137. The number of anilines is 3. The van der Waals surface area contributed by atoms with Crippen LogP contribution in [-0.4, -0.2) is 20.9 Å². The zero-order valence-corrected chi connectivity index (χ0v) is 17.7. The average Bonchev–Trinajstić information content (AvgIpc) is 2.73. The molecule has 3 aromatic rings. The number of para-hydroxylation sites is 2. The first kappa shape index (κ1) is 23.1. The van der Waals surface area contributed by atoms with Crippen molar-refractivity contribution >= 4 is 33.0 Å². The van der Waals surface area contributed by atoms with Crippen LogP contribution in [0.15, 0.2) is 77.7 Å². The number of rotatable bonds is 6. The van der Waals surface area contributed by atoms with Gasteiger partial charge in [0, 0.05) is 0 Å². The zero-order valence-electron chi connectivity index (χ0n) is 16.9. The highest BCUT2D eigenvalue weighted by Crippen LogP contribution is 2.33. The Labute approximate surface area is 183 Å². The Hall–Kier alpha value is -3.53. The first-order valence-electron chi connectivity index (χ1n) is 9.39. The minimum atomic E-state index is -4.68. The van der Waals surface area contributed by atoms with Gasteiger partial charge in [-0.05, 0) is 49.4 Å². The minimum Gasteiger partial charge on any atom is -0.397 e. The molecule has 32 heavy (non-hydrogen) atoms. The molecule has 0 fully saturated rings. The average molecular weight is 463 g/mol. The summed E-state index contributed by atoms with van der Waals surface area (Å²) in [6, 6.07) is 15.9. The van der Waals surface area contributed by atoms with Crippen LogP contribution < -0.4 is 15.4 Å². The Bertz CT molecular complexity index is 1230. The summed E-state index contributed by atoms with van der Waals surface area (Å²) in [7, 11) is -4.36. The molecular formula is C22H20F3N3O3S. The lowest BCUT2D eigenvalue weighted by Gasteiger charge is -2.25. The number of nitrogens with zero attached hydrogens (tertiary/aromatic N) is 1. The second-order valence-electron chi connectivity index (χ2n) is 7.01. The summed E-state index contributed by atoms with van der Waals surface area (Å²) in [6.45, 7) is 1.00. The largest absolute Gasteiger partial charge is 0.416 e. The molecule has 0 atom stereocenters. The summed E-state index contributed by atoms with van der Waals surface area (Å²) < 4.78 is 66.9. The van der Waals surface area contributed by atoms with Gasteiger partial charge < -0.3 is 11.1 Å². The van der Waals surface area contributed by atoms with E-state index in [4.69, 9.17) is 5.73 Å². The number of sulfonamides is 1. The summed E-state index contributed by atoms with van der Waals surface area (Å²) in [6.07, 6.45) is -4.68. The van der Waals surface area contributed by atoms with Crippen molar-refractivity contribution < 1.29 is 26.4 Å². The highest BCUT2D eigenvalue weighted by atomic mass is 32.2. The molecule has 0 saturated heterocycles. The SMILES string of the molecule is Cc1ccc(S(=O)(=O)N(CC(=O)Nc2ccccc2N)c2cccc(C(F)(F)F)c2)cc1. The number of amides is 1. The summed E-state index contributed by atoms with van der Waals surface area (Å²) >= 11 is 0. The van der Waals surface area contributed by atoms with Crippen LogP contribution in [0.2, 0.25) is 0 Å². The number of nitrogens with one attached hydrogen (secondary N) is 1. The van der Waals surface area contributed by atoms with E-state index in [0.29, 0.717) is 10.4 Å². The van der Waals surface area contributed by atoms with Gasteiger partial charge in [-0.2, -0.15) is 13.2 Å². The monoisotopic (exact) mass is 463 g/mol. The van der Waals surface area contributed by atoms with Gasteiger partial charge in [0.05, 0.1) is 27.5 Å². The van der Waals surface area contributed by atoms with Crippen molar-refractivity contribution in [2.45, 2.75) is 18.0 Å². The quantitative estimate of drug-likeness (QED) is 0.529. The van der Waals surface area contributed by atoms with Gasteiger partial charge in [0.2, 0.25) is 5.91 Å². The number of nitrogens with two attached hydrogens (primary N) is 1. The van der Waals surface area contributed by atoms with Crippen LogP contribution in [0.3, 0.4) is 0 Å². The number of benzene rings is 3. The summed E-state index contributed by atoms with van der Waals surface area (Å²) in [5.74, 6) is -0.768. The molecular weight excluding hydrogens is 443 g/mol. The summed E-state index contributed by atoms with van der Waals surface area (Å²) in [5.41, 5.74) is 5.78. The van der Waals surface area contributed by atoms with E-state index in [1.807, 2.05) is 0 Å². The lowest BCUT2D eigenvalue weighted by atomic mass is 10.2. The topological polar surface area (TPSA) is 92.5 Å². The van der Waals surface area contributed by atoms with Crippen LogP contribution in [-0.2, 0) is 21.0 Å². The summed E-state index contributed by atoms with van der Waals surface area (Å²) in [4.78, 5) is 12.5. The van der Waals surface area contributed by atoms with Gasteiger partial charge in [-0.25, -0.2) is 8.42 Å². The van der Waals surface area contributed by atoms with E-state index >= 15 is 0 Å². The van der Waals surface area contributed by atoms with Crippen LogP contribution in [0.1, 0.15) is 11.1 Å². The minimum absolute atomic E-state index is 0.160. The molecule has 0 aliphatic heterocycles. The second kappa shape index (κ2) is 8.91. The third kappa shape index (κ3) is 5.20. The Morgan fingerprint density at radius 1 is 1.00 bits per heavy atom. The van der Waals surface area contributed by atoms with Crippen molar-refractivity contribution in [1.82, 2.24) is 0 Å². The van der Waals surface area contributed by atoms with Crippen LogP contribution in [0.25, 0.3) is 0 Å². The molecule has 6 nitrogen and oxygen atoms in total. The van der Waals surface area contributed by atoms with Crippen LogP contribution in [0, 0.1) is 6.92 Å². The van der Waals surface area contributed by atoms with E-state index in [2.05, 4.69) is 5.32 Å². The van der Waals surface area contributed by atoms with Crippen molar-refractivity contribution in [2.24, 2.45) is 0 Å². The molecule has 0 aromatic heterocycles. The lowest BCUT2D eigenvalue weighted by Crippen LogP contribution is -2.38. The van der Waals surface area contributed by atoms with Crippen molar-refractivity contribution in [2.75, 3.05) is 21.9 Å². The van der Waals surface area contributed by atoms with Gasteiger partial charge in [-0.15, -0.1) is 0 Å².